The molecule has 10 nitrogen and oxygen atoms in total. The molecular weight excluding hydrogens is 632 g/mol. The molecule has 3 amide bonds. The molecule has 256 valence electrons. The standard InChI is InChI=1S/C40H40N4O6/c45-35(26-43-23-13-4-14-24-43)41-33-22-12-11-21-31(33)37(30-19-9-3-10-20-30)42-38(39(47)48)32(28-15-5-1-6-16-28)25-36(46)44-34(27-50-40(44)49)29-17-7-2-8-18-29/h1-3,5-12,15-22,32,34,38H,4,13-14,23-27H2,(H,41,45)(H,47,48)/t32-,34-,38+/m1/s1. The van der Waals surface area contributed by atoms with Crippen LogP contribution in [0.5, 0.6) is 0 Å². The predicted octanol–water partition coefficient (Wildman–Crippen LogP) is 6.30. The Bertz CT molecular complexity index is 1830. The van der Waals surface area contributed by atoms with Crippen LogP contribution in [-0.4, -0.2) is 76.8 Å². The quantitative estimate of drug-likeness (QED) is 0.169. The summed E-state index contributed by atoms with van der Waals surface area (Å²) in [5.74, 6) is -2.93. The maximum Gasteiger partial charge on any atom is 0.417 e. The smallest absolute Gasteiger partial charge is 0.417 e. The lowest BCUT2D eigenvalue weighted by Crippen LogP contribution is -2.38. The highest BCUT2D eigenvalue weighted by Crippen LogP contribution is 2.34. The van der Waals surface area contributed by atoms with Crippen LogP contribution < -0.4 is 5.32 Å². The van der Waals surface area contributed by atoms with Crippen molar-refractivity contribution in [2.45, 2.75) is 43.7 Å². The third-order valence-electron chi connectivity index (χ3n) is 9.17. The molecule has 0 aromatic heterocycles. The Hall–Kier alpha value is -5.61. The Morgan fingerprint density at radius 1 is 0.820 bits per heavy atom. The second kappa shape index (κ2) is 16.2. The maximum atomic E-state index is 14.0. The van der Waals surface area contributed by atoms with Crippen LogP contribution in [0.4, 0.5) is 10.5 Å². The lowest BCUT2D eigenvalue weighted by Gasteiger charge is -2.27. The molecule has 50 heavy (non-hydrogen) atoms. The molecule has 2 saturated heterocycles. The fraction of sp³-hybridized carbons (Fsp3) is 0.275. The first kappa shape index (κ1) is 34.3. The Morgan fingerprint density at radius 2 is 1.44 bits per heavy atom. The van der Waals surface area contributed by atoms with Gasteiger partial charge in [0.25, 0.3) is 0 Å². The summed E-state index contributed by atoms with van der Waals surface area (Å²) in [6.45, 7) is 1.99. The minimum atomic E-state index is -1.44. The fourth-order valence-corrected chi connectivity index (χ4v) is 6.68. The summed E-state index contributed by atoms with van der Waals surface area (Å²) in [6.07, 6.45) is 2.18. The number of rotatable bonds is 12. The van der Waals surface area contributed by atoms with Crippen molar-refractivity contribution in [3.05, 3.63) is 138 Å². The molecule has 10 heteroatoms. The zero-order chi connectivity index (χ0) is 34.9. The van der Waals surface area contributed by atoms with Crippen molar-refractivity contribution < 1.29 is 29.0 Å². The van der Waals surface area contributed by atoms with E-state index < -0.39 is 36.0 Å². The second-order valence-corrected chi connectivity index (χ2v) is 12.5. The van der Waals surface area contributed by atoms with Crippen LogP contribution >= 0.6 is 0 Å². The SMILES string of the molecule is O=C(CN1CCCCC1)Nc1ccccc1C(=N[C@H](C(=O)O)[C@H](CC(=O)N1C(=O)OC[C@@H]1c1ccccc1)c1ccccc1)c1ccccc1. The number of carbonyl (C=O) groups excluding carboxylic acids is 3. The van der Waals surface area contributed by atoms with Gasteiger partial charge in [-0.2, -0.15) is 0 Å². The number of para-hydroxylation sites is 1. The van der Waals surface area contributed by atoms with Crippen LogP contribution in [0.2, 0.25) is 0 Å². The number of carbonyl (C=O) groups is 4. The molecule has 0 aliphatic carbocycles. The van der Waals surface area contributed by atoms with Gasteiger partial charge in [0.15, 0.2) is 6.04 Å². The van der Waals surface area contributed by atoms with Crippen molar-refractivity contribution >= 4 is 35.3 Å². The van der Waals surface area contributed by atoms with Crippen LogP contribution in [-0.2, 0) is 19.1 Å². The van der Waals surface area contributed by atoms with Gasteiger partial charge >= 0.3 is 12.1 Å². The third kappa shape index (κ3) is 8.15. The van der Waals surface area contributed by atoms with Gasteiger partial charge in [-0.15, -0.1) is 0 Å². The number of piperidine rings is 1. The molecule has 2 aliphatic heterocycles. The van der Waals surface area contributed by atoms with Crippen molar-refractivity contribution in [2.24, 2.45) is 4.99 Å². The van der Waals surface area contributed by atoms with Crippen molar-refractivity contribution in [1.82, 2.24) is 9.80 Å². The zero-order valence-corrected chi connectivity index (χ0v) is 27.7. The number of imide groups is 1. The van der Waals surface area contributed by atoms with Crippen molar-refractivity contribution in [2.75, 3.05) is 31.6 Å². The summed E-state index contributed by atoms with van der Waals surface area (Å²) >= 11 is 0. The van der Waals surface area contributed by atoms with E-state index in [9.17, 15) is 24.3 Å². The van der Waals surface area contributed by atoms with Crippen LogP contribution in [0, 0.1) is 0 Å². The Kier molecular flexibility index (Phi) is 11.1. The number of hydrogen-bond acceptors (Lipinski definition) is 7. The molecule has 0 bridgehead atoms. The van der Waals surface area contributed by atoms with Crippen molar-refractivity contribution in [3.63, 3.8) is 0 Å². The number of aliphatic carboxylic acids is 1. The summed E-state index contributed by atoms with van der Waals surface area (Å²) in [5, 5.41) is 13.9. The number of nitrogens with zero attached hydrogens (tertiary/aromatic N) is 3. The summed E-state index contributed by atoms with van der Waals surface area (Å²) in [4.78, 5) is 61.6. The minimum absolute atomic E-state index is 0.00349. The predicted molar refractivity (Wildman–Crippen MR) is 190 cm³/mol. The molecule has 0 radical (unpaired) electrons. The molecule has 4 aromatic rings. The number of aliphatic imine (C=N–C) groups is 1. The number of amides is 3. The number of carboxylic acid groups (broad SMARTS) is 1. The molecule has 2 aliphatic rings. The van der Waals surface area contributed by atoms with Crippen LogP contribution in [0.1, 0.15) is 59.9 Å². The van der Waals surface area contributed by atoms with Gasteiger partial charge in [0, 0.05) is 23.5 Å². The summed E-state index contributed by atoms with van der Waals surface area (Å²) < 4.78 is 5.31. The lowest BCUT2D eigenvalue weighted by molar-refractivity contribution is -0.139. The first-order chi connectivity index (χ1) is 24.4. The van der Waals surface area contributed by atoms with Gasteiger partial charge in [0.1, 0.15) is 12.6 Å². The summed E-state index contributed by atoms with van der Waals surface area (Å²) in [5.41, 5.74) is 3.35. The number of cyclic esters (lactones) is 1. The minimum Gasteiger partial charge on any atom is -0.480 e. The number of benzene rings is 4. The molecule has 2 fully saturated rings. The number of likely N-dealkylation sites (tertiary alicyclic amines) is 1. The Balaban J connectivity index is 1.38. The molecule has 0 spiro atoms. The number of anilines is 1. The molecule has 4 aromatic carbocycles. The number of nitrogens with one attached hydrogen (secondary N) is 1. The van der Waals surface area contributed by atoms with E-state index in [4.69, 9.17) is 9.73 Å². The zero-order valence-electron chi connectivity index (χ0n) is 27.7. The van der Waals surface area contributed by atoms with E-state index in [1.807, 2.05) is 72.8 Å². The van der Waals surface area contributed by atoms with Gasteiger partial charge in [0.05, 0.1) is 17.9 Å². The topological polar surface area (TPSA) is 129 Å². The van der Waals surface area contributed by atoms with Gasteiger partial charge in [-0.05, 0) is 43.1 Å². The van der Waals surface area contributed by atoms with E-state index in [1.165, 1.54) is 0 Å². The van der Waals surface area contributed by atoms with Crippen molar-refractivity contribution in [1.29, 1.82) is 0 Å². The normalized spacial score (nSPS) is 17.8. The number of carboxylic acids is 1. The lowest BCUT2D eigenvalue weighted by atomic mass is 9.87. The molecule has 0 saturated carbocycles. The van der Waals surface area contributed by atoms with E-state index in [1.54, 1.807) is 42.5 Å². The second-order valence-electron chi connectivity index (χ2n) is 12.5. The molecular formula is C40H40N4O6. The van der Waals surface area contributed by atoms with Crippen LogP contribution in [0.3, 0.4) is 0 Å². The highest BCUT2D eigenvalue weighted by Gasteiger charge is 2.41. The van der Waals surface area contributed by atoms with E-state index in [0.29, 0.717) is 28.1 Å². The van der Waals surface area contributed by atoms with Gasteiger partial charge in [-0.1, -0.05) is 116 Å². The number of ether oxygens (including phenoxy) is 1. The summed E-state index contributed by atoms with van der Waals surface area (Å²) in [6, 6.07) is 32.3. The molecule has 3 atom stereocenters. The molecule has 0 unspecified atom stereocenters. The first-order valence-corrected chi connectivity index (χ1v) is 17.0. The molecule has 6 rings (SSSR count). The third-order valence-corrected chi connectivity index (χ3v) is 9.17. The Morgan fingerprint density at radius 3 is 2.12 bits per heavy atom. The average molecular weight is 673 g/mol. The molecule has 2 heterocycles. The van der Waals surface area contributed by atoms with Crippen LogP contribution in [0.25, 0.3) is 0 Å². The monoisotopic (exact) mass is 672 g/mol. The van der Waals surface area contributed by atoms with E-state index in [2.05, 4.69) is 10.2 Å². The maximum absolute atomic E-state index is 14.0. The van der Waals surface area contributed by atoms with Gasteiger partial charge in [-0.3, -0.25) is 19.5 Å². The molecule has 2 N–H and O–H groups in total. The van der Waals surface area contributed by atoms with Gasteiger partial charge in [0.2, 0.25) is 11.8 Å². The van der Waals surface area contributed by atoms with E-state index in [0.717, 1.165) is 42.8 Å². The first-order valence-electron chi connectivity index (χ1n) is 17.0. The van der Waals surface area contributed by atoms with Gasteiger partial charge < -0.3 is 15.2 Å². The summed E-state index contributed by atoms with van der Waals surface area (Å²) in [7, 11) is 0. The van der Waals surface area contributed by atoms with Crippen LogP contribution in [0.15, 0.2) is 120 Å². The number of hydrogen-bond donors (Lipinski definition) is 2. The highest BCUT2D eigenvalue weighted by atomic mass is 16.6. The Labute approximate surface area is 291 Å². The highest BCUT2D eigenvalue weighted by molar-refractivity contribution is 6.17. The van der Waals surface area contributed by atoms with E-state index in [-0.39, 0.29) is 25.5 Å². The fourth-order valence-electron chi connectivity index (χ4n) is 6.68. The average Bonchev–Trinajstić information content (AvgIpc) is 3.54. The largest absolute Gasteiger partial charge is 0.480 e. The van der Waals surface area contributed by atoms with Gasteiger partial charge in [-0.25, -0.2) is 14.5 Å². The van der Waals surface area contributed by atoms with Crippen molar-refractivity contribution in [3.8, 4) is 0 Å². The van der Waals surface area contributed by atoms with E-state index >= 15 is 0 Å².